The van der Waals surface area contributed by atoms with Crippen molar-refractivity contribution >= 4 is 11.6 Å². The van der Waals surface area contributed by atoms with Crippen LogP contribution in [0, 0.1) is 12.8 Å². The topological polar surface area (TPSA) is 21.1 Å². The molecule has 0 spiro atoms. The molecular formula is C12H22ClN3. The minimum absolute atomic E-state index is 0.723. The van der Waals surface area contributed by atoms with Crippen molar-refractivity contribution in [2.45, 2.75) is 33.7 Å². The second-order valence-electron chi connectivity index (χ2n) is 4.69. The van der Waals surface area contributed by atoms with E-state index in [0.717, 1.165) is 35.4 Å². The lowest BCUT2D eigenvalue weighted by molar-refractivity contribution is 0.275. The van der Waals surface area contributed by atoms with Gasteiger partial charge in [-0.15, -0.1) is 0 Å². The van der Waals surface area contributed by atoms with Gasteiger partial charge in [-0.05, 0) is 19.9 Å². The molecule has 1 rings (SSSR count). The first-order valence-electron chi connectivity index (χ1n) is 5.82. The molecule has 0 saturated carbocycles. The molecule has 0 amide bonds. The normalized spacial score (nSPS) is 13.4. The zero-order valence-electron chi connectivity index (χ0n) is 10.9. The van der Waals surface area contributed by atoms with Crippen molar-refractivity contribution in [3.8, 4) is 0 Å². The molecule has 92 valence electrons. The van der Waals surface area contributed by atoms with E-state index in [1.807, 2.05) is 14.0 Å². The van der Waals surface area contributed by atoms with Gasteiger partial charge in [-0.25, -0.2) is 0 Å². The van der Waals surface area contributed by atoms with Gasteiger partial charge in [0, 0.05) is 25.7 Å². The maximum Gasteiger partial charge on any atom is 0.131 e. The zero-order chi connectivity index (χ0) is 12.3. The number of aromatic nitrogens is 2. The molecule has 0 N–H and O–H groups in total. The molecule has 0 aliphatic carbocycles. The van der Waals surface area contributed by atoms with E-state index >= 15 is 0 Å². The summed E-state index contributed by atoms with van der Waals surface area (Å²) in [5.74, 6) is 0.723. The Morgan fingerprint density at radius 2 is 2.12 bits per heavy atom. The summed E-state index contributed by atoms with van der Waals surface area (Å²) in [6.45, 7) is 8.48. The lowest BCUT2D eigenvalue weighted by Crippen LogP contribution is -2.24. The van der Waals surface area contributed by atoms with Crippen LogP contribution in [0.25, 0.3) is 0 Å². The molecular weight excluding hydrogens is 222 g/mol. The molecule has 1 atom stereocenters. The molecule has 1 heterocycles. The predicted octanol–water partition coefficient (Wildman–Crippen LogP) is 2.86. The van der Waals surface area contributed by atoms with Gasteiger partial charge in [0.05, 0.1) is 5.69 Å². The van der Waals surface area contributed by atoms with Gasteiger partial charge in [-0.3, -0.25) is 4.68 Å². The fraction of sp³-hybridized carbons (Fsp3) is 0.750. The molecule has 1 aromatic heterocycles. The number of rotatable bonds is 5. The van der Waals surface area contributed by atoms with Crippen molar-refractivity contribution in [1.29, 1.82) is 0 Å². The first kappa shape index (κ1) is 13.5. The van der Waals surface area contributed by atoms with Gasteiger partial charge in [0.25, 0.3) is 0 Å². The summed E-state index contributed by atoms with van der Waals surface area (Å²) in [7, 11) is 4.02. The van der Waals surface area contributed by atoms with Gasteiger partial charge in [-0.1, -0.05) is 31.9 Å². The molecule has 4 heteroatoms. The molecule has 0 fully saturated rings. The van der Waals surface area contributed by atoms with Gasteiger partial charge in [0.15, 0.2) is 0 Å². The highest BCUT2D eigenvalue weighted by Crippen LogP contribution is 2.20. The molecule has 0 radical (unpaired) electrons. The average molecular weight is 244 g/mol. The highest BCUT2D eigenvalue weighted by atomic mass is 35.5. The van der Waals surface area contributed by atoms with Crippen LogP contribution in [0.3, 0.4) is 0 Å². The lowest BCUT2D eigenvalue weighted by Gasteiger charge is -2.20. The van der Waals surface area contributed by atoms with E-state index in [1.165, 1.54) is 6.42 Å². The molecule has 0 bridgehead atoms. The third-order valence-electron chi connectivity index (χ3n) is 3.02. The second kappa shape index (κ2) is 5.69. The summed E-state index contributed by atoms with van der Waals surface area (Å²) in [5.41, 5.74) is 2.18. The summed E-state index contributed by atoms with van der Waals surface area (Å²) >= 11 is 6.20. The Kier molecular flexibility index (Phi) is 4.81. The maximum atomic E-state index is 6.20. The van der Waals surface area contributed by atoms with E-state index in [2.05, 4.69) is 30.9 Å². The summed E-state index contributed by atoms with van der Waals surface area (Å²) in [5, 5.41) is 5.08. The summed E-state index contributed by atoms with van der Waals surface area (Å²) in [4.78, 5) is 2.31. The minimum Gasteiger partial charge on any atom is -0.302 e. The Hall–Kier alpha value is -0.540. The highest BCUT2D eigenvalue weighted by Gasteiger charge is 2.14. The van der Waals surface area contributed by atoms with Crippen molar-refractivity contribution in [2.75, 3.05) is 13.6 Å². The number of nitrogens with zero attached hydrogens (tertiary/aromatic N) is 3. The first-order valence-corrected chi connectivity index (χ1v) is 6.20. The Morgan fingerprint density at radius 3 is 2.56 bits per heavy atom. The molecule has 0 saturated heterocycles. The SMILES string of the molecule is CCC(C)CN(C)Cc1c(C)nn(C)c1Cl. The first-order chi connectivity index (χ1) is 7.45. The quantitative estimate of drug-likeness (QED) is 0.793. The highest BCUT2D eigenvalue weighted by molar-refractivity contribution is 6.30. The van der Waals surface area contributed by atoms with Crippen molar-refractivity contribution < 1.29 is 0 Å². The van der Waals surface area contributed by atoms with Crippen LogP contribution in [0.15, 0.2) is 0 Å². The summed E-state index contributed by atoms with van der Waals surface area (Å²) in [6, 6.07) is 0. The predicted molar refractivity (Wildman–Crippen MR) is 68.7 cm³/mol. The Balaban J connectivity index is 2.65. The smallest absolute Gasteiger partial charge is 0.131 e. The second-order valence-corrected chi connectivity index (χ2v) is 5.05. The molecule has 1 unspecified atom stereocenters. The van der Waals surface area contributed by atoms with Crippen LogP contribution < -0.4 is 0 Å². The van der Waals surface area contributed by atoms with Gasteiger partial charge >= 0.3 is 0 Å². The molecule has 16 heavy (non-hydrogen) atoms. The van der Waals surface area contributed by atoms with Crippen molar-refractivity contribution in [2.24, 2.45) is 13.0 Å². The zero-order valence-corrected chi connectivity index (χ0v) is 11.7. The molecule has 0 aromatic carbocycles. The van der Waals surface area contributed by atoms with Crippen LogP contribution in [0.2, 0.25) is 5.15 Å². The van der Waals surface area contributed by atoms with Crippen molar-refractivity contribution in [3.05, 3.63) is 16.4 Å². The van der Waals surface area contributed by atoms with Gasteiger partial charge in [-0.2, -0.15) is 5.10 Å². The third kappa shape index (κ3) is 3.22. The third-order valence-corrected chi connectivity index (χ3v) is 3.49. The van der Waals surface area contributed by atoms with E-state index < -0.39 is 0 Å². The number of hydrogen-bond acceptors (Lipinski definition) is 2. The van der Waals surface area contributed by atoms with Crippen LogP contribution in [0.4, 0.5) is 0 Å². The minimum atomic E-state index is 0.723. The fourth-order valence-electron chi connectivity index (χ4n) is 1.85. The number of hydrogen-bond donors (Lipinski definition) is 0. The van der Waals surface area contributed by atoms with E-state index in [1.54, 1.807) is 4.68 Å². The van der Waals surface area contributed by atoms with Gasteiger partial charge in [0.2, 0.25) is 0 Å². The molecule has 1 aromatic rings. The Labute approximate surface area is 103 Å². The Bertz CT molecular complexity index is 346. The summed E-state index contributed by atoms with van der Waals surface area (Å²) < 4.78 is 1.74. The standard InChI is InChI=1S/C12H22ClN3/c1-6-9(2)7-15(4)8-11-10(3)14-16(5)12(11)13/h9H,6-8H2,1-5H3. The maximum absolute atomic E-state index is 6.20. The van der Waals surface area contributed by atoms with Crippen molar-refractivity contribution in [1.82, 2.24) is 14.7 Å². The monoisotopic (exact) mass is 243 g/mol. The van der Waals surface area contributed by atoms with Crippen molar-refractivity contribution in [3.63, 3.8) is 0 Å². The average Bonchev–Trinajstić information content (AvgIpc) is 2.45. The van der Waals surface area contributed by atoms with Crippen LogP contribution in [0.1, 0.15) is 31.5 Å². The molecule has 0 aliphatic heterocycles. The van der Waals surface area contributed by atoms with E-state index in [4.69, 9.17) is 11.6 Å². The fourth-order valence-corrected chi connectivity index (χ4v) is 2.08. The Morgan fingerprint density at radius 1 is 1.50 bits per heavy atom. The van der Waals surface area contributed by atoms with Gasteiger partial charge in [0.1, 0.15) is 5.15 Å². The van der Waals surface area contributed by atoms with Crippen LogP contribution in [-0.4, -0.2) is 28.3 Å². The van der Waals surface area contributed by atoms with Crippen LogP contribution in [-0.2, 0) is 13.6 Å². The van der Waals surface area contributed by atoms with E-state index in [9.17, 15) is 0 Å². The largest absolute Gasteiger partial charge is 0.302 e. The lowest BCUT2D eigenvalue weighted by atomic mass is 10.1. The van der Waals surface area contributed by atoms with Gasteiger partial charge < -0.3 is 4.90 Å². The molecule has 3 nitrogen and oxygen atoms in total. The van der Waals surface area contributed by atoms with Crippen LogP contribution >= 0.6 is 11.6 Å². The van der Waals surface area contributed by atoms with Crippen LogP contribution in [0.5, 0.6) is 0 Å². The number of halogens is 1. The van der Waals surface area contributed by atoms with E-state index in [0.29, 0.717) is 0 Å². The summed E-state index contributed by atoms with van der Waals surface area (Å²) in [6.07, 6.45) is 1.21. The van der Waals surface area contributed by atoms with E-state index in [-0.39, 0.29) is 0 Å². The number of aryl methyl sites for hydroxylation is 2. The molecule has 0 aliphatic rings.